The number of rotatable bonds is 0. The molecule has 0 unspecified atom stereocenters. The van der Waals surface area contributed by atoms with Crippen LogP contribution in [-0.2, 0) is 0 Å². The third-order valence-electron chi connectivity index (χ3n) is 1.89. The zero-order valence-electron chi connectivity index (χ0n) is 6.78. The molecule has 0 bridgehead atoms. The molecule has 0 aromatic carbocycles. The van der Waals surface area contributed by atoms with Crippen molar-refractivity contribution >= 4 is 6.29 Å². The molecule has 1 aliphatic rings. The summed E-state index contributed by atoms with van der Waals surface area (Å²) in [5.74, 6) is 1.04. The Labute approximate surface area is 65.8 Å². The fourth-order valence-electron chi connectivity index (χ4n) is 1.31. The smallest absolute Gasteiger partial charge is 0.219 e. The molecule has 0 aromatic heterocycles. The van der Waals surface area contributed by atoms with Gasteiger partial charge in [0.2, 0.25) is 0 Å². The predicted molar refractivity (Wildman–Crippen MR) is 39.9 cm³/mol. The Kier molecular flexibility index (Phi) is 5.99. The van der Waals surface area contributed by atoms with E-state index in [1.165, 1.54) is 32.1 Å². The third-order valence-corrected chi connectivity index (χ3v) is 1.89. The van der Waals surface area contributed by atoms with E-state index in [0.29, 0.717) is 0 Å². The van der Waals surface area contributed by atoms with Crippen LogP contribution in [0.4, 0.5) is 13.6 Å². The van der Waals surface area contributed by atoms with Crippen molar-refractivity contribution in [2.45, 2.75) is 39.0 Å². The molecule has 66 valence electrons. The number of carbonyl (C=O) groups is 1. The standard InChI is InChI=1S/C7H14.CF2O/c1-7-5-3-2-4-6-7;2-1(3)4/h7H,2-6H2,1H3;. The van der Waals surface area contributed by atoms with Crippen molar-refractivity contribution in [3.63, 3.8) is 0 Å². The molecule has 0 radical (unpaired) electrons. The molecule has 0 amide bonds. The fourth-order valence-corrected chi connectivity index (χ4v) is 1.31. The van der Waals surface area contributed by atoms with Crippen LogP contribution in [0.25, 0.3) is 0 Å². The second-order valence-corrected chi connectivity index (χ2v) is 2.97. The van der Waals surface area contributed by atoms with Gasteiger partial charge in [-0.2, -0.15) is 0 Å². The lowest BCUT2D eigenvalue weighted by Crippen LogP contribution is -1.99. The maximum absolute atomic E-state index is 9.69. The highest BCUT2D eigenvalue weighted by Crippen LogP contribution is 2.21. The zero-order valence-corrected chi connectivity index (χ0v) is 6.78. The minimum absolute atomic E-state index is 1.04. The first-order chi connectivity index (χ1) is 5.13. The average molecular weight is 164 g/mol. The van der Waals surface area contributed by atoms with Crippen LogP contribution < -0.4 is 0 Å². The number of carbonyl (C=O) groups excluding carboxylic acids is 1. The molecule has 1 aliphatic carbocycles. The molecule has 0 atom stereocenters. The highest BCUT2D eigenvalue weighted by molar-refractivity contribution is 5.55. The normalized spacial score (nSPS) is 18.5. The lowest BCUT2D eigenvalue weighted by Gasteiger charge is -2.15. The molecular weight excluding hydrogens is 150 g/mol. The fraction of sp³-hybridized carbons (Fsp3) is 0.875. The molecule has 0 N–H and O–H groups in total. The maximum Gasteiger partial charge on any atom is 0.483 e. The van der Waals surface area contributed by atoms with Gasteiger partial charge in [-0.15, -0.1) is 8.78 Å². The number of hydrogen-bond acceptors (Lipinski definition) is 1. The summed E-state index contributed by atoms with van der Waals surface area (Å²) in [6, 6.07) is 0. The van der Waals surface area contributed by atoms with E-state index in [0.717, 1.165) is 5.92 Å². The monoisotopic (exact) mass is 164 g/mol. The van der Waals surface area contributed by atoms with Gasteiger partial charge in [0.1, 0.15) is 0 Å². The summed E-state index contributed by atoms with van der Waals surface area (Å²) in [6.45, 7) is 2.36. The Morgan fingerprint density at radius 2 is 1.55 bits per heavy atom. The van der Waals surface area contributed by atoms with E-state index in [1.54, 1.807) is 0 Å². The van der Waals surface area contributed by atoms with E-state index in [-0.39, 0.29) is 0 Å². The molecular formula is C8H14F2O. The van der Waals surface area contributed by atoms with Gasteiger partial charge < -0.3 is 0 Å². The molecule has 1 fully saturated rings. The van der Waals surface area contributed by atoms with Crippen molar-refractivity contribution in [2.75, 3.05) is 0 Å². The van der Waals surface area contributed by atoms with E-state index >= 15 is 0 Å². The molecule has 0 saturated heterocycles. The van der Waals surface area contributed by atoms with Gasteiger partial charge in [0.05, 0.1) is 0 Å². The second kappa shape index (κ2) is 6.25. The largest absolute Gasteiger partial charge is 0.483 e. The predicted octanol–water partition coefficient (Wildman–Crippen LogP) is 3.63. The molecule has 0 heterocycles. The molecule has 0 aliphatic heterocycles. The Hall–Kier alpha value is -0.470. The first kappa shape index (κ1) is 10.5. The van der Waals surface area contributed by atoms with E-state index in [9.17, 15) is 8.78 Å². The Morgan fingerprint density at radius 1 is 1.18 bits per heavy atom. The van der Waals surface area contributed by atoms with Gasteiger partial charge in [-0.1, -0.05) is 39.0 Å². The van der Waals surface area contributed by atoms with E-state index in [2.05, 4.69) is 6.92 Å². The van der Waals surface area contributed by atoms with Crippen molar-refractivity contribution < 1.29 is 13.6 Å². The molecule has 0 aromatic rings. The SMILES string of the molecule is CC1CCCCC1.O=C(F)F. The highest BCUT2D eigenvalue weighted by atomic mass is 19.3. The van der Waals surface area contributed by atoms with Crippen LogP contribution in [0, 0.1) is 5.92 Å². The first-order valence-corrected chi connectivity index (χ1v) is 3.98. The summed E-state index contributed by atoms with van der Waals surface area (Å²) in [5, 5.41) is 0. The Balaban J connectivity index is 0.000000218. The molecule has 1 saturated carbocycles. The van der Waals surface area contributed by atoms with Crippen LogP contribution >= 0.6 is 0 Å². The molecule has 3 heteroatoms. The minimum atomic E-state index is -2.83. The maximum atomic E-state index is 9.69. The zero-order chi connectivity index (χ0) is 8.69. The lowest BCUT2D eigenvalue weighted by atomic mass is 9.91. The molecule has 0 spiro atoms. The van der Waals surface area contributed by atoms with Crippen molar-refractivity contribution in [2.24, 2.45) is 5.92 Å². The Morgan fingerprint density at radius 3 is 1.73 bits per heavy atom. The quantitative estimate of drug-likeness (QED) is 0.499. The van der Waals surface area contributed by atoms with Gasteiger partial charge in [-0.05, 0) is 5.92 Å². The van der Waals surface area contributed by atoms with Gasteiger partial charge in [-0.3, -0.25) is 0 Å². The summed E-state index contributed by atoms with van der Waals surface area (Å²) in [7, 11) is 0. The van der Waals surface area contributed by atoms with Crippen LogP contribution in [0.2, 0.25) is 0 Å². The highest BCUT2D eigenvalue weighted by Gasteiger charge is 2.05. The van der Waals surface area contributed by atoms with Crippen LogP contribution in [0.3, 0.4) is 0 Å². The van der Waals surface area contributed by atoms with Crippen molar-refractivity contribution in [3.8, 4) is 0 Å². The summed E-state index contributed by atoms with van der Waals surface area (Å²) < 4.78 is 19.4. The van der Waals surface area contributed by atoms with Crippen molar-refractivity contribution in [1.29, 1.82) is 0 Å². The van der Waals surface area contributed by atoms with Crippen molar-refractivity contribution in [1.82, 2.24) is 0 Å². The van der Waals surface area contributed by atoms with Gasteiger partial charge in [-0.25, -0.2) is 4.79 Å². The number of halogens is 2. The van der Waals surface area contributed by atoms with Crippen LogP contribution in [0.1, 0.15) is 39.0 Å². The molecule has 1 rings (SSSR count). The van der Waals surface area contributed by atoms with Gasteiger partial charge in [0, 0.05) is 0 Å². The summed E-state index contributed by atoms with van der Waals surface area (Å²) in [6.07, 6.45) is 4.60. The second-order valence-electron chi connectivity index (χ2n) is 2.97. The molecule has 11 heavy (non-hydrogen) atoms. The van der Waals surface area contributed by atoms with Gasteiger partial charge in [0.25, 0.3) is 0 Å². The lowest BCUT2D eigenvalue weighted by molar-refractivity contribution is 0.199. The van der Waals surface area contributed by atoms with E-state index in [4.69, 9.17) is 4.79 Å². The third kappa shape index (κ3) is 9.53. The average Bonchev–Trinajstić information content (AvgIpc) is 1.87. The van der Waals surface area contributed by atoms with Gasteiger partial charge in [0.15, 0.2) is 0 Å². The Bertz CT molecular complexity index is 105. The van der Waals surface area contributed by atoms with Crippen LogP contribution in [0.15, 0.2) is 0 Å². The summed E-state index contributed by atoms with van der Waals surface area (Å²) in [5.41, 5.74) is 0. The minimum Gasteiger partial charge on any atom is -0.219 e. The van der Waals surface area contributed by atoms with Gasteiger partial charge >= 0.3 is 6.29 Å². The van der Waals surface area contributed by atoms with Crippen molar-refractivity contribution in [3.05, 3.63) is 0 Å². The summed E-state index contributed by atoms with van der Waals surface area (Å²) in [4.78, 5) is 8.11. The van der Waals surface area contributed by atoms with E-state index in [1.807, 2.05) is 0 Å². The topological polar surface area (TPSA) is 17.1 Å². The molecule has 1 nitrogen and oxygen atoms in total. The summed E-state index contributed by atoms with van der Waals surface area (Å²) >= 11 is 0. The van der Waals surface area contributed by atoms with E-state index < -0.39 is 6.29 Å². The first-order valence-electron chi connectivity index (χ1n) is 3.98. The number of hydrogen-bond donors (Lipinski definition) is 0. The van der Waals surface area contributed by atoms with Crippen LogP contribution in [-0.4, -0.2) is 6.29 Å². The van der Waals surface area contributed by atoms with Crippen LogP contribution in [0.5, 0.6) is 0 Å².